The summed E-state index contributed by atoms with van der Waals surface area (Å²) in [5.41, 5.74) is 0.774. The van der Waals surface area contributed by atoms with Gasteiger partial charge in [-0.1, -0.05) is 19.1 Å². The van der Waals surface area contributed by atoms with Gasteiger partial charge in [0, 0.05) is 13.1 Å². The van der Waals surface area contributed by atoms with Gasteiger partial charge in [0.25, 0.3) is 5.91 Å². The molecule has 2 atom stereocenters. The molecule has 24 heavy (non-hydrogen) atoms. The van der Waals surface area contributed by atoms with Crippen molar-refractivity contribution >= 4 is 5.91 Å². The minimum absolute atomic E-state index is 0.0348. The number of hydrogen-bond donors (Lipinski definition) is 2. The summed E-state index contributed by atoms with van der Waals surface area (Å²) in [7, 11) is 0. The van der Waals surface area contributed by atoms with E-state index in [2.05, 4.69) is 17.1 Å². The van der Waals surface area contributed by atoms with Gasteiger partial charge in [0.15, 0.2) is 6.10 Å². The first kappa shape index (κ1) is 18.7. The van der Waals surface area contributed by atoms with E-state index in [1.807, 2.05) is 12.1 Å². The lowest BCUT2D eigenvalue weighted by atomic mass is 10.0. The van der Waals surface area contributed by atoms with Crippen molar-refractivity contribution in [3.63, 3.8) is 0 Å². The molecular weight excluding hydrogens is 304 g/mol. The van der Waals surface area contributed by atoms with Crippen LogP contribution in [-0.4, -0.2) is 48.2 Å². The highest BCUT2D eigenvalue weighted by atomic mass is 16.5. The molecule has 2 N–H and O–H groups in total. The van der Waals surface area contributed by atoms with E-state index in [1.165, 1.54) is 25.9 Å². The Kier molecular flexibility index (Phi) is 7.53. The van der Waals surface area contributed by atoms with Crippen LogP contribution < -0.4 is 10.1 Å². The topological polar surface area (TPSA) is 61.8 Å². The predicted molar refractivity (Wildman–Crippen MR) is 94.9 cm³/mol. The maximum Gasteiger partial charge on any atom is 0.260 e. The van der Waals surface area contributed by atoms with Crippen LogP contribution in [0.15, 0.2) is 24.3 Å². The van der Waals surface area contributed by atoms with Gasteiger partial charge in [-0.25, -0.2) is 0 Å². The summed E-state index contributed by atoms with van der Waals surface area (Å²) in [5.74, 6) is 1.29. The number of nitrogens with zero attached hydrogens (tertiary/aromatic N) is 1. The molecule has 0 aliphatic carbocycles. The van der Waals surface area contributed by atoms with Gasteiger partial charge in [-0.3, -0.25) is 4.79 Å². The summed E-state index contributed by atoms with van der Waals surface area (Å²) < 4.78 is 5.65. The molecule has 2 unspecified atom stereocenters. The lowest BCUT2D eigenvalue weighted by Crippen LogP contribution is -2.39. The summed E-state index contributed by atoms with van der Waals surface area (Å²) in [5, 5.41) is 12.1. The zero-order chi connectivity index (χ0) is 17.4. The van der Waals surface area contributed by atoms with E-state index in [1.54, 1.807) is 19.1 Å². The summed E-state index contributed by atoms with van der Waals surface area (Å²) in [4.78, 5) is 14.6. The molecule has 0 bridgehead atoms. The summed E-state index contributed by atoms with van der Waals surface area (Å²) in [6.07, 6.45) is 3.03. The molecule has 0 spiro atoms. The van der Waals surface area contributed by atoms with E-state index in [0.717, 1.165) is 24.4 Å². The van der Waals surface area contributed by atoms with Crippen LogP contribution in [0.3, 0.4) is 0 Å². The quantitative estimate of drug-likeness (QED) is 0.716. The van der Waals surface area contributed by atoms with Crippen molar-refractivity contribution in [1.82, 2.24) is 10.2 Å². The number of likely N-dealkylation sites (tertiary alicyclic amines) is 1. The second kappa shape index (κ2) is 9.64. The highest BCUT2D eigenvalue weighted by Gasteiger charge is 2.17. The highest BCUT2D eigenvalue weighted by Crippen LogP contribution is 2.16. The molecule has 0 saturated carbocycles. The first-order valence-corrected chi connectivity index (χ1v) is 8.95. The van der Waals surface area contributed by atoms with Gasteiger partial charge in [0.1, 0.15) is 5.75 Å². The molecule has 0 aromatic heterocycles. The standard InChI is InChI=1S/C19H30N2O3/c1-15-6-4-10-21(13-15)11-5-9-20-19(23)16(2)24-18-8-3-7-17(12-18)14-22/h3,7-8,12,15-16,22H,4-6,9-11,13-14H2,1-2H3,(H,20,23). The number of rotatable bonds is 8. The Labute approximate surface area is 145 Å². The number of carbonyl (C=O) groups excluding carboxylic acids is 1. The normalized spacial score (nSPS) is 19.7. The third-order valence-electron chi connectivity index (χ3n) is 4.45. The van der Waals surface area contributed by atoms with Gasteiger partial charge in [-0.15, -0.1) is 0 Å². The number of piperidine rings is 1. The Morgan fingerprint density at radius 2 is 2.33 bits per heavy atom. The van der Waals surface area contributed by atoms with Crippen molar-refractivity contribution in [1.29, 1.82) is 0 Å². The fourth-order valence-electron chi connectivity index (χ4n) is 3.12. The largest absolute Gasteiger partial charge is 0.481 e. The van der Waals surface area contributed by atoms with Crippen molar-refractivity contribution < 1.29 is 14.6 Å². The van der Waals surface area contributed by atoms with Crippen molar-refractivity contribution in [3.8, 4) is 5.75 Å². The Balaban J connectivity index is 1.66. The Morgan fingerprint density at radius 1 is 1.50 bits per heavy atom. The molecule has 2 rings (SSSR count). The van der Waals surface area contributed by atoms with Crippen molar-refractivity contribution in [2.75, 3.05) is 26.2 Å². The molecule has 1 aliphatic rings. The van der Waals surface area contributed by atoms with Gasteiger partial charge in [-0.05, 0) is 62.9 Å². The van der Waals surface area contributed by atoms with E-state index < -0.39 is 6.10 Å². The molecule has 1 amide bonds. The lowest BCUT2D eigenvalue weighted by Gasteiger charge is -2.30. The molecule has 1 aliphatic heterocycles. The predicted octanol–water partition coefficient (Wildman–Crippen LogP) is 2.18. The Bertz CT molecular complexity index is 521. The third kappa shape index (κ3) is 6.13. The van der Waals surface area contributed by atoms with Crippen LogP contribution >= 0.6 is 0 Å². The van der Waals surface area contributed by atoms with Crippen LogP contribution in [0.4, 0.5) is 0 Å². The second-order valence-electron chi connectivity index (χ2n) is 6.76. The minimum Gasteiger partial charge on any atom is -0.481 e. The van der Waals surface area contributed by atoms with E-state index in [-0.39, 0.29) is 12.5 Å². The molecule has 134 valence electrons. The molecule has 1 aromatic carbocycles. The number of aliphatic hydroxyl groups excluding tert-OH is 1. The number of benzene rings is 1. The van der Waals surface area contributed by atoms with Crippen LogP contribution in [-0.2, 0) is 11.4 Å². The number of carbonyl (C=O) groups is 1. The van der Waals surface area contributed by atoms with Crippen molar-refractivity contribution in [3.05, 3.63) is 29.8 Å². The molecule has 5 heteroatoms. The SMILES string of the molecule is CC1CCCN(CCCNC(=O)C(C)Oc2cccc(CO)c2)C1. The summed E-state index contributed by atoms with van der Waals surface area (Å²) >= 11 is 0. The lowest BCUT2D eigenvalue weighted by molar-refractivity contribution is -0.127. The van der Waals surface area contributed by atoms with Gasteiger partial charge >= 0.3 is 0 Å². The van der Waals surface area contributed by atoms with Crippen LogP contribution in [0.1, 0.15) is 38.7 Å². The average molecular weight is 334 g/mol. The molecule has 1 fully saturated rings. The molecule has 0 radical (unpaired) electrons. The third-order valence-corrected chi connectivity index (χ3v) is 4.45. The molecule has 1 heterocycles. The maximum absolute atomic E-state index is 12.1. The number of nitrogens with one attached hydrogen (secondary N) is 1. The van der Waals surface area contributed by atoms with E-state index in [9.17, 15) is 4.79 Å². The first-order chi connectivity index (χ1) is 11.6. The minimum atomic E-state index is -0.547. The van der Waals surface area contributed by atoms with Crippen LogP contribution in [0.5, 0.6) is 5.75 Å². The fraction of sp³-hybridized carbons (Fsp3) is 0.632. The maximum atomic E-state index is 12.1. The second-order valence-corrected chi connectivity index (χ2v) is 6.76. The average Bonchev–Trinajstić information content (AvgIpc) is 2.58. The molecular formula is C19H30N2O3. The summed E-state index contributed by atoms with van der Waals surface area (Å²) in [6.45, 7) is 8.08. The van der Waals surface area contributed by atoms with E-state index in [0.29, 0.717) is 12.3 Å². The van der Waals surface area contributed by atoms with Gasteiger partial charge in [0.05, 0.1) is 6.61 Å². The Hall–Kier alpha value is -1.59. The zero-order valence-electron chi connectivity index (χ0n) is 14.8. The number of amides is 1. The zero-order valence-corrected chi connectivity index (χ0v) is 14.8. The highest BCUT2D eigenvalue weighted by molar-refractivity contribution is 5.80. The van der Waals surface area contributed by atoms with Gasteiger partial charge in [-0.2, -0.15) is 0 Å². The molecule has 1 saturated heterocycles. The molecule has 1 aromatic rings. The molecule has 5 nitrogen and oxygen atoms in total. The van der Waals surface area contributed by atoms with Crippen LogP contribution in [0, 0.1) is 5.92 Å². The number of ether oxygens (including phenoxy) is 1. The van der Waals surface area contributed by atoms with Gasteiger partial charge in [0.2, 0.25) is 0 Å². The van der Waals surface area contributed by atoms with E-state index in [4.69, 9.17) is 9.84 Å². The van der Waals surface area contributed by atoms with Gasteiger partial charge < -0.3 is 20.1 Å². The smallest absolute Gasteiger partial charge is 0.260 e. The van der Waals surface area contributed by atoms with Crippen LogP contribution in [0.2, 0.25) is 0 Å². The monoisotopic (exact) mass is 334 g/mol. The fourth-order valence-corrected chi connectivity index (χ4v) is 3.12. The van der Waals surface area contributed by atoms with E-state index >= 15 is 0 Å². The van der Waals surface area contributed by atoms with Crippen molar-refractivity contribution in [2.45, 2.75) is 45.8 Å². The van der Waals surface area contributed by atoms with Crippen molar-refractivity contribution in [2.24, 2.45) is 5.92 Å². The number of hydrogen-bond acceptors (Lipinski definition) is 4. The Morgan fingerprint density at radius 3 is 3.08 bits per heavy atom. The summed E-state index contributed by atoms with van der Waals surface area (Å²) in [6, 6.07) is 7.17. The first-order valence-electron chi connectivity index (χ1n) is 8.95. The van der Waals surface area contributed by atoms with Crippen LogP contribution in [0.25, 0.3) is 0 Å². The number of aliphatic hydroxyl groups is 1.